The lowest BCUT2D eigenvalue weighted by atomic mass is 9.93. The molecule has 0 bridgehead atoms. The van der Waals surface area contributed by atoms with Crippen LogP contribution in [0.3, 0.4) is 0 Å². The first-order chi connectivity index (χ1) is 17.6. The number of pyridine rings is 1. The molecule has 2 amide bonds. The van der Waals surface area contributed by atoms with E-state index in [0.717, 1.165) is 23.4 Å². The number of rotatable bonds is 6. The molecule has 2 aromatic carbocycles. The maximum atomic E-state index is 13.4. The molecular weight excluding hydrogens is 454 g/mol. The van der Waals surface area contributed by atoms with Gasteiger partial charge in [-0.3, -0.25) is 25.0 Å². The number of hydrogen-bond donors (Lipinski definition) is 2. The normalized spacial score (nSPS) is 13.6. The van der Waals surface area contributed by atoms with E-state index in [2.05, 4.69) is 20.9 Å². The third kappa shape index (κ3) is 4.74. The summed E-state index contributed by atoms with van der Waals surface area (Å²) in [5.41, 5.74) is 9.88. The summed E-state index contributed by atoms with van der Waals surface area (Å²) >= 11 is 0. The molecule has 0 aliphatic heterocycles. The Labute approximate surface area is 208 Å². The fourth-order valence-corrected chi connectivity index (χ4v) is 4.27. The number of benzene rings is 2. The third-order valence-electron chi connectivity index (χ3n) is 6.01. The van der Waals surface area contributed by atoms with Gasteiger partial charge >= 0.3 is 5.91 Å². The molecule has 5 rings (SSSR count). The number of aromatic nitrogens is 1. The summed E-state index contributed by atoms with van der Waals surface area (Å²) in [7, 11) is 0. The molecule has 0 saturated heterocycles. The molecule has 4 aromatic rings. The Morgan fingerprint density at radius 2 is 1.53 bits per heavy atom. The van der Waals surface area contributed by atoms with Gasteiger partial charge in [0, 0.05) is 35.5 Å². The summed E-state index contributed by atoms with van der Waals surface area (Å²) < 4.78 is 6.05. The maximum absolute atomic E-state index is 13.4. The van der Waals surface area contributed by atoms with Crippen LogP contribution in [0, 0.1) is 6.92 Å². The van der Waals surface area contributed by atoms with Gasteiger partial charge < -0.3 is 4.42 Å². The molecule has 0 radical (unpaired) electrons. The number of amides is 2. The number of anilines is 2. The van der Waals surface area contributed by atoms with Crippen LogP contribution in [0.2, 0.25) is 0 Å². The van der Waals surface area contributed by atoms with Crippen LogP contribution in [-0.4, -0.2) is 22.5 Å². The second-order valence-corrected chi connectivity index (χ2v) is 8.39. The zero-order chi connectivity index (χ0) is 24.9. The van der Waals surface area contributed by atoms with Gasteiger partial charge in [-0.1, -0.05) is 36.4 Å². The molecule has 1 aliphatic rings. The van der Waals surface area contributed by atoms with E-state index in [9.17, 15) is 9.59 Å². The van der Waals surface area contributed by atoms with Crippen LogP contribution in [0.15, 0.2) is 94.7 Å². The van der Waals surface area contributed by atoms with Gasteiger partial charge in [-0.05, 0) is 56.2 Å². The zero-order valence-electron chi connectivity index (χ0n) is 19.8. The largest absolute Gasteiger partial charge is 0.455 e. The van der Waals surface area contributed by atoms with Gasteiger partial charge in [-0.15, -0.1) is 0 Å². The third-order valence-corrected chi connectivity index (χ3v) is 6.01. The molecule has 0 fully saturated rings. The first-order valence-corrected chi connectivity index (χ1v) is 11.7. The van der Waals surface area contributed by atoms with Crippen molar-refractivity contribution in [2.45, 2.75) is 26.2 Å². The van der Waals surface area contributed by atoms with Crippen molar-refractivity contribution >= 4 is 28.9 Å². The van der Waals surface area contributed by atoms with Crippen molar-refractivity contribution in [3.8, 4) is 0 Å². The Morgan fingerprint density at radius 1 is 0.889 bits per heavy atom. The smallest absolute Gasteiger partial charge is 0.306 e. The topological polar surface area (TPSA) is 99.8 Å². The molecule has 0 unspecified atom stereocenters. The van der Waals surface area contributed by atoms with Crippen molar-refractivity contribution in [1.82, 2.24) is 15.8 Å². The summed E-state index contributed by atoms with van der Waals surface area (Å²) in [5.74, 6) is 0.242. The number of nitrogens with zero attached hydrogens (tertiary/aromatic N) is 3. The Kier molecular flexibility index (Phi) is 6.57. The SMILES string of the molecule is Cc1c(C(=O)NN(c2ccccc2)c2ccccc2)oc2c1/C(=N/NC(=O)c1ccncc1)CCC2. The molecule has 0 spiro atoms. The summed E-state index contributed by atoms with van der Waals surface area (Å²) in [6.07, 6.45) is 5.29. The van der Waals surface area contributed by atoms with E-state index in [1.54, 1.807) is 29.5 Å². The lowest BCUT2D eigenvalue weighted by Crippen LogP contribution is -2.39. The predicted octanol–water partition coefficient (Wildman–Crippen LogP) is 4.94. The van der Waals surface area contributed by atoms with Crippen molar-refractivity contribution in [3.05, 3.63) is 113 Å². The highest BCUT2D eigenvalue weighted by Gasteiger charge is 2.29. The number of hydrazone groups is 1. The van der Waals surface area contributed by atoms with E-state index in [-0.39, 0.29) is 17.6 Å². The molecule has 2 heterocycles. The molecule has 8 heteroatoms. The number of nitrogens with one attached hydrogen (secondary N) is 2. The van der Waals surface area contributed by atoms with Crippen LogP contribution in [0.1, 0.15) is 50.6 Å². The minimum absolute atomic E-state index is 0.229. The van der Waals surface area contributed by atoms with Crippen LogP contribution < -0.4 is 15.9 Å². The van der Waals surface area contributed by atoms with E-state index < -0.39 is 0 Å². The summed E-state index contributed by atoms with van der Waals surface area (Å²) in [6.45, 7) is 1.85. The molecule has 0 atom stereocenters. The van der Waals surface area contributed by atoms with Gasteiger partial charge in [0.05, 0.1) is 17.1 Å². The Bertz CT molecular complexity index is 1360. The van der Waals surface area contributed by atoms with E-state index >= 15 is 0 Å². The number of carbonyl (C=O) groups excluding carboxylic acids is 2. The second kappa shape index (κ2) is 10.3. The van der Waals surface area contributed by atoms with Crippen LogP contribution in [0.25, 0.3) is 0 Å². The van der Waals surface area contributed by atoms with Crippen LogP contribution in [0.4, 0.5) is 11.4 Å². The summed E-state index contributed by atoms with van der Waals surface area (Å²) in [5, 5.41) is 6.11. The molecule has 8 nitrogen and oxygen atoms in total. The molecule has 0 saturated carbocycles. The lowest BCUT2D eigenvalue weighted by molar-refractivity contribution is 0.0921. The number of hydrazine groups is 1. The standard InChI is InChI=1S/C28H25N5O3/c1-19-25-23(30-31-27(34)20-15-17-29-18-16-20)13-8-14-24(25)36-26(19)28(35)32-33(21-9-4-2-5-10-21)22-11-6-3-7-12-22/h2-7,9-12,15-18H,8,13-14H2,1H3,(H,31,34)(H,32,35)/b30-23+. The Morgan fingerprint density at radius 3 is 2.17 bits per heavy atom. The number of aryl methyl sites for hydroxylation is 1. The fraction of sp³-hybridized carbons (Fsp3) is 0.143. The van der Waals surface area contributed by atoms with E-state index in [4.69, 9.17) is 4.42 Å². The van der Waals surface area contributed by atoms with Gasteiger partial charge in [0.1, 0.15) is 5.76 Å². The monoisotopic (exact) mass is 479 g/mol. The van der Waals surface area contributed by atoms with Crippen molar-refractivity contribution in [2.75, 3.05) is 5.01 Å². The van der Waals surface area contributed by atoms with Crippen molar-refractivity contribution in [1.29, 1.82) is 0 Å². The molecule has 2 N–H and O–H groups in total. The van der Waals surface area contributed by atoms with E-state index in [1.807, 2.05) is 67.6 Å². The average molecular weight is 480 g/mol. The molecule has 180 valence electrons. The molecule has 1 aliphatic carbocycles. The van der Waals surface area contributed by atoms with E-state index in [0.29, 0.717) is 35.4 Å². The molecule has 2 aromatic heterocycles. The highest BCUT2D eigenvalue weighted by Crippen LogP contribution is 2.30. The lowest BCUT2D eigenvalue weighted by Gasteiger charge is -2.25. The minimum Gasteiger partial charge on any atom is -0.455 e. The van der Waals surface area contributed by atoms with Crippen LogP contribution in [0.5, 0.6) is 0 Å². The first-order valence-electron chi connectivity index (χ1n) is 11.7. The van der Waals surface area contributed by atoms with Gasteiger partial charge in [0.25, 0.3) is 5.91 Å². The van der Waals surface area contributed by atoms with E-state index in [1.165, 1.54) is 0 Å². The zero-order valence-corrected chi connectivity index (χ0v) is 19.8. The number of fused-ring (bicyclic) bond motifs is 1. The van der Waals surface area contributed by atoms with Gasteiger partial charge in [-0.25, -0.2) is 5.43 Å². The predicted molar refractivity (Wildman–Crippen MR) is 137 cm³/mol. The van der Waals surface area contributed by atoms with Crippen molar-refractivity contribution < 1.29 is 14.0 Å². The fourth-order valence-electron chi connectivity index (χ4n) is 4.27. The van der Waals surface area contributed by atoms with Crippen LogP contribution in [-0.2, 0) is 6.42 Å². The van der Waals surface area contributed by atoms with Gasteiger partial charge in [0.2, 0.25) is 0 Å². The minimum atomic E-state index is -0.366. The average Bonchev–Trinajstić information content (AvgIpc) is 3.28. The molecule has 36 heavy (non-hydrogen) atoms. The number of carbonyl (C=O) groups is 2. The molecular formula is C28H25N5O3. The summed E-state index contributed by atoms with van der Waals surface area (Å²) in [6, 6.07) is 22.4. The number of furan rings is 1. The van der Waals surface area contributed by atoms with Crippen LogP contribution >= 0.6 is 0 Å². The maximum Gasteiger partial charge on any atom is 0.306 e. The van der Waals surface area contributed by atoms with Crippen molar-refractivity contribution in [2.24, 2.45) is 5.10 Å². The number of hydrogen-bond acceptors (Lipinski definition) is 6. The highest BCUT2D eigenvalue weighted by molar-refractivity contribution is 6.07. The second-order valence-electron chi connectivity index (χ2n) is 8.39. The van der Waals surface area contributed by atoms with Gasteiger partial charge in [-0.2, -0.15) is 5.10 Å². The number of para-hydroxylation sites is 2. The highest BCUT2D eigenvalue weighted by atomic mass is 16.4. The quantitative estimate of drug-likeness (QED) is 0.382. The Balaban J connectivity index is 1.41. The summed E-state index contributed by atoms with van der Waals surface area (Å²) in [4.78, 5) is 29.8. The van der Waals surface area contributed by atoms with Gasteiger partial charge in [0.15, 0.2) is 5.76 Å². The van der Waals surface area contributed by atoms with Crippen molar-refractivity contribution in [3.63, 3.8) is 0 Å². The first kappa shape index (κ1) is 23.0. The Hall–Kier alpha value is -4.72.